The van der Waals surface area contributed by atoms with Crippen LogP contribution in [0.4, 0.5) is 15.8 Å². The first-order valence-electron chi connectivity index (χ1n) is 7.27. The van der Waals surface area contributed by atoms with Crippen LogP contribution in [0.2, 0.25) is 5.02 Å². The van der Waals surface area contributed by atoms with Gasteiger partial charge in [0, 0.05) is 10.7 Å². The minimum Gasteiger partial charge on any atom is -0.409 e. The summed E-state index contributed by atoms with van der Waals surface area (Å²) in [6.07, 6.45) is 1.43. The van der Waals surface area contributed by atoms with E-state index < -0.39 is 5.82 Å². The van der Waals surface area contributed by atoms with Crippen molar-refractivity contribution in [3.05, 3.63) is 51.8 Å². The molecule has 0 fully saturated rings. The summed E-state index contributed by atoms with van der Waals surface area (Å²) in [5, 5.41) is 10.2. The fourth-order valence-corrected chi connectivity index (χ4v) is 2.93. The molecule has 0 spiro atoms. The third-order valence-corrected chi connectivity index (χ3v) is 4.18. The molecule has 25 heavy (non-hydrogen) atoms. The van der Waals surface area contributed by atoms with Crippen LogP contribution in [0.3, 0.4) is 0 Å². The van der Waals surface area contributed by atoms with Crippen LogP contribution >= 0.6 is 23.8 Å². The fraction of sp³-hybridized carbons (Fsp3) is 0.0625. The standard InChI is InChI=1S/C16H11ClFN5OS/c1-7-4-8(17)2-3-10(7)21-13-9(15-22-23-16(25)24-15)5-11-14(12(13)18)20-6-19-11/h2-6,21H,1H3,(H,19,20)(H,23,25). The van der Waals surface area contributed by atoms with E-state index in [9.17, 15) is 0 Å². The van der Waals surface area contributed by atoms with E-state index in [1.807, 2.05) is 6.92 Å². The Labute approximate surface area is 151 Å². The number of aromatic nitrogens is 4. The molecule has 0 unspecified atom stereocenters. The summed E-state index contributed by atoms with van der Waals surface area (Å²) in [5.41, 5.74) is 2.91. The Morgan fingerprint density at radius 2 is 2.16 bits per heavy atom. The van der Waals surface area contributed by atoms with Crippen LogP contribution in [0.25, 0.3) is 22.5 Å². The molecule has 6 nitrogen and oxygen atoms in total. The van der Waals surface area contributed by atoms with Gasteiger partial charge in [-0.3, -0.25) is 0 Å². The van der Waals surface area contributed by atoms with Crippen LogP contribution in [0.1, 0.15) is 5.56 Å². The average molecular weight is 376 g/mol. The first kappa shape index (κ1) is 15.8. The molecule has 0 aliphatic rings. The van der Waals surface area contributed by atoms with Crippen molar-refractivity contribution in [3.63, 3.8) is 0 Å². The molecule has 0 saturated carbocycles. The number of H-pyrrole nitrogens is 2. The predicted molar refractivity (Wildman–Crippen MR) is 96.2 cm³/mol. The SMILES string of the molecule is Cc1cc(Cl)ccc1Nc1c(-c2n[nH]c(=S)o2)cc2[nH]cnc2c1F. The van der Waals surface area contributed by atoms with Crippen molar-refractivity contribution in [3.8, 4) is 11.5 Å². The highest BCUT2D eigenvalue weighted by molar-refractivity contribution is 7.71. The highest BCUT2D eigenvalue weighted by Gasteiger charge is 2.20. The Balaban J connectivity index is 1.94. The van der Waals surface area contributed by atoms with E-state index in [4.69, 9.17) is 28.2 Å². The van der Waals surface area contributed by atoms with E-state index in [-0.39, 0.29) is 21.9 Å². The van der Waals surface area contributed by atoms with Crippen LogP contribution in [0.15, 0.2) is 35.0 Å². The Morgan fingerprint density at radius 3 is 2.88 bits per heavy atom. The molecular formula is C16H11ClFN5OS. The molecule has 126 valence electrons. The van der Waals surface area contributed by atoms with Crippen LogP contribution in [0.5, 0.6) is 0 Å². The zero-order valence-electron chi connectivity index (χ0n) is 12.9. The molecule has 0 saturated heterocycles. The molecular weight excluding hydrogens is 365 g/mol. The third-order valence-electron chi connectivity index (χ3n) is 3.77. The summed E-state index contributed by atoms with van der Waals surface area (Å²) in [4.78, 5) is 7.02. The van der Waals surface area contributed by atoms with E-state index in [1.54, 1.807) is 24.3 Å². The number of halogens is 2. The van der Waals surface area contributed by atoms with Gasteiger partial charge in [-0.25, -0.2) is 14.5 Å². The lowest BCUT2D eigenvalue weighted by molar-refractivity contribution is 0.551. The van der Waals surface area contributed by atoms with Crippen LogP contribution in [-0.2, 0) is 0 Å². The Morgan fingerprint density at radius 1 is 1.32 bits per heavy atom. The van der Waals surface area contributed by atoms with Gasteiger partial charge in [-0.05, 0) is 49.0 Å². The van der Waals surface area contributed by atoms with Crippen LogP contribution in [-0.4, -0.2) is 20.2 Å². The monoisotopic (exact) mass is 375 g/mol. The summed E-state index contributed by atoms with van der Waals surface area (Å²) in [7, 11) is 0. The van der Waals surface area contributed by atoms with Gasteiger partial charge in [0.25, 0.3) is 4.84 Å². The van der Waals surface area contributed by atoms with E-state index in [1.165, 1.54) is 6.33 Å². The third kappa shape index (κ3) is 2.79. The van der Waals surface area contributed by atoms with Crippen molar-refractivity contribution in [2.45, 2.75) is 6.92 Å². The number of aryl methyl sites for hydroxylation is 1. The van der Waals surface area contributed by atoms with E-state index in [2.05, 4.69) is 25.5 Å². The van der Waals surface area contributed by atoms with Crippen molar-refractivity contribution in [1.29, 1.82) is 0 Å². The van der Waals surface area contributed by atoms with Crippen molar-refractivity contribution in [2.75, 3.05) is 5.32 Å². The van der Waals surface area contributed by atoms with Gasteiger partial charge in [0.15, 0.2) is 5.82 Å². The second-order valence-electron chi connectivity index (χ2n) is 5.41. The molecule has 4 aromatic rings. The summed E-state index contributed by atoms with van der Waals surface area (Å²) in [6.45, 7) is 1.87. The van der Waals surface area contributed by atoms with Gasteiger partial charge >= 0.3 is 0 Å². The van der Waals surface area contributed by atoms with Gasteiger partial charge in [0.2, 0.25) is 5.89 Å². The number of hydrogen-bond donors (Lipinski definition) is 3. The van der Waals surface area contributed by atoms with Crippen molar-refractivity contribution in [1.82, 2.24) is 20.2 Å². The maximum atomic E-state index is 15.1. The summed E-state index contributed by atoms with van der Waals surface area (Å²) >= 11 is 10.9. The van der Waals surface area contributed by atoms with Gasteiger partial charge in [-0.2, -0.15) is 0 Å². The minimum atomic E-state index is -0.521. The van der Waals surface area contributed by atoms with E-state index in [0.29, 0.717) is 21.8 Å². The van der Waals surface area contributed by atoms with Crippen molar-refractivity contribution < 1.29 is 8.81 Å². The zero-order chi connectivity index (χ0) is 17.6. The number of nitrogens with one attached hydrogen (secondary N) is 3. The Kier molecular flexibility index (Phi) is 3.78. The lowest BCUT2D eigenvalue weighted by Gasteiger charge is -2.14. The molecule has 2 heterocycles. The maximum Gasteiger partial charge on any atom is 0.284 e. The topological polar surface area (TPSA) is 82.5 Å². The zero-order valence-corrected chi connectivity index (χ0v) is 14.4. The molecule has 9 heteroatoms. The first-order valence-corrected chi connectivity index (χ1v) is 8.06. The highest BCUT2D eigenvalue weighted by atomic mass is 35.5. The van der Waals surface area contributed by atoms with Gasteiger partial charge < -0.3 is 14.7 Å². The van der Waals surface area contributed by atoms with Gasteiger partial charge in [-0.1, -0.05) is 11.6 Å². The second-order valence-corrected chi connectivity index (χ2v) is 6.22. The number of nitrogens with zero attached hydrogens (tertiary/aromatic N) is 2. The van der Waals surface area contributed by atoms with Crippen LogP contribution < -0.4 is 5.32 Å². The number of imidazole rings is 1. The smallest absolute Gasteiger partial charge is 0.284 e. The van der Waals surface area contributed by atoms with Crippen LogP contribution in [0, 0.1) is 17.6 Å². The predicted octanol–water partition coefficient (Wildman–Crippen LogP) is 5.12. The first-order chi connectivity index (χ1) is 12.0. The molecule has 2 aromatic heterocycles. The fourth-order valence-electron chi connectivity index (χ4n) is 2.58. The molecule has 0 aliphatic carbocycles. The highest BCUT2D eigenvalue weighted by Crippen LogP contribution is 2.36. The van der Waals surface area contributed by atoms with E-state index in [0.717, 1.165) is 5.56 Å². The Hall–Kier alpha value is -2.71. The van der Waals surface area contributed by atoms with Gasteiger partial charge in [-0.15, -0.1) is 5.10 Å². The number of fused-ring (bicyclic) bond motifs is 1. The number of aromatic amines is 2. The molecule has 3 N–H and O–H groups in total. The normalized spacial score (nSPS) is 11.2. The largest absolute Gasteiger partial charge is 0.409 e. The maximum absolute atomic E-state index is 15.1. The summed E-state index contributed by atoms with van der Waals surface area (Å²) < 4.78 is 20.4. The molecule has 0 aliphatic heterocycles. The van der Waals surface area contributed by atoms with E-state index >= 15 is 4.39 Å². The number of rotatable bonds is 3. The van der Waals surface area contributed by atoms with Crippen molar-refractivity contribution in [2.24, 2.45) is 0 Å². The quantitative estimate of drug-likeness (QED) is 0.433. The minimum absolute atomic E-state index is 0.105. The molecule has 0 amide bonds. The average Bonchev–Trinajstić information content (AvgIpc) is 3.20. The number of benzene rings is 2. The second kappa shape index (κ2) is 5.98. The lowest BCUT2D eigenvalue weighted by Crippen LogP contribution is -2.00. The van der Waals surface area contributed by atoms with Crippen molar-refractivity contribution >= 4 is 46.2 Å². The summed E-state index contributed by atoms with van der Waals surface area (Å²) in [6, 6.07) is 6.99. The number of hydrogen-bond acceptors (Lipinski definition) is 5. The molecule has 4 rings (SSSR count). The summed E-state index contributed by atoms with van der Waals surface area (Å²) in [5.74, 6) is -0.346. The number of anilines is 2. The van der Waals surface area contributed by atoms with Gasteiger partial charge in [0.05, 0.1) is 23.1 Å². The lowest BCUT2D eigenvalue weighted by atomic mass is 10.1. The molecule has 2 aromatic carbocycles. The van der Waals surface area contributed by atoms with Gasteiger partial charge in [0.1, 0.15) is 5.52 Å². The molecule has 0 atom stereocenters. The molecule has 0 radical (unpaired) electrons. The Bertz CT molecular complexity index is 1150. The molecule has 0 bridgehead atoms.